The van der Waals surface area contributed by atoms with Crippen LogP contribution >= 0.6 is 0 Å². The minimum absolute atomic E-state index is 0.612. The predicted molar refractivity (Wildman–Crippen MR) is 103 cm³/mol. The molecule has 0 unspecified atom stereocenters. The molecule has 0 atom stereocenters. The van der Waals surface area contributed by atoms with Gasteiger partial charge in [-0.3, -0.25) is 4.90 Å². The summed E-state index contributed by atoms with van der Waals surface area (Å²) in [4.78, 5) is 14.8. The van der Waals surface area contributed by atoms with Gasteiger partial charge in [0.05, 0.1) is 7.11 Å². The van der Waals surface area contributed by atoms with Crippen molar-refractivity contribution in [1.29, 1.82) is 0 Å². The first-order valence-corrected chi connectivity index (χ1v) is 9.09. The maximum Gasteiger partial charge on any atom is 0.407 e. The highest BCUT2D eigenvalue weighted by Gasteiger charge is 2.19. The van der Waals surface area contributed by atoms with Gasteiger partial charge in [-0.2, -0.15) is 0 Å². The first-order chi connectivity index (χ1) is 12.7. The summed E-state index contributed by atoms with van der Waals surface area (Å²) < 4.78 is 5.32. The maximum absolute atomic E-state index is 10.9. The maximum atomic E-state index is 10.9. The fourth-order valence-electron chi connectivity index (χ4n) is 3.38. The minimum atomic E-state index is -0.806. The zero-order valence-corrected chi connectivity index (χ0v) is 15.2. The van der Waals surface area contributed by atoms with Gasteiger partial charge in [-0.25, -0.2) is 4.79 Å². The van der Waals surface area contributed by atoms with Crippen LogP contribution in [0.25, 0.3) is 11.1 Å². The van der Waals surface area contributed by atoms with E-state index in [4.69, 9.17) is 9.84 Å². The Balaban J connectivity index is 1.52. The van der Waals surface area contributed by atoms with Gasteiger partial charge in [0, 0.05) is 26.2 Å². The lowest BCUT2D eigenvalue weighted by atomic mass is 10.0. The third-order valence-corrected chi connectivity index (χ3v) is 4.91. The molecule has 26 heavy (non-hydrogen) atoms. The Morgan fingerprint density at radius 2 is 1.73 bits per heavy atom. The zero-order valence-electron chi connectivity index (χ0n) is 15.2. The lowest BCUT2D eigenvalue weighted by Gasteiger charge is -2.33. The van der Waals surface area contributed by atoms with Crippen molar-refractivity contribution < 1.29 is 14.6 Å². The van der Waals surface area contributed by atoms with Gasteiger partial charge in [0.1, 0.15) is 5.75 Å². The summed E-state index contributed by atoms with van der Waals surface area (Å²) in [5.41, 5.74) is 3.70. The molecule has 0 bridgehead atoms. The van der Waals surface area contributed by atoms with Crippen molar-refractivity contribution in [1.82, 2.24) is 9.80 Å². The van der Waals surface area contributed by atoms with E-state index in [0.29, 0.717) is 13.1 Å². The van der Waals surface area contributed by atoms with Crippen molar-refractivity contribution in [3.05, 3.63) is 54.1 Å². The molecular weight excluding hydrogens is 328 g/mol. The molecule has 2 aromatic rings. The molecule has 1 aliphatic heterocycles. The second-order valence-electron chi connectivity index (χ2n) is 6.65. The number of amides is 1. The molecule has 1 aliphatic rings. The van der Waals surface area contributed by atoms with Crippen LogP contribution in [0.5, 0.6) is 5.75 Å². The standard InChI is InChI=1S/C21H26N2O3/c1-26-20-9-3-8-19(16-20)18-7-2-5-17(15-18)6-4-10-22-11-13-23(14-12-22)21(24)25/h2-3,5,7-9,15-16H,4,6,10-14H2,1H3,(H,24,25). The number of hydrogen-bond donors (Lipinski definition) is 1. The Morgan fingerprint density at radius 1 is 1.04 bits per heavy atom. The molecule has 0 aliphatic carbocycles. The number of carboxylic acid groups (broad SMARTS) is 1. The predicted octanol–water partition coefficient (Wildman–Crippen LogP) is 3.59. The Bertz CT molecular complexity index is 740. The first kappa shape index (κ1) is 18.3. The van der Waals surface area contributed by atoms with Crippen LogP contribution in [-0.2, 0) is 6.42 Å². The number of carbonyl (C=O) groups is 1. The third kappa shape index (κ3) is 4.76. The summed E-state index contributed by atoms with van der Waals surface area (Å²) in [6.07, 6.45) is 1.30. The average molecular weight is 354 g/mol. The number of nitrogens with zero attached hydrogens (tertiary/aromatic N) is 2. The van der Waals surface area contributed by atoms with Crippen LogP contribution < -0.4 is 4.74 Å². The van der Waals surface area contributed by atoms with E-state index in [9.17, 15) is 4.79 Å². The fraction of sp³-hybridized carbons (Fsp3) is 0.381. The fourth-order valence-corrected chi connectivity index (χ4v) is 3.38. The van der Waals surface area contributed by atoms with Crippen LogP contribution in [0, 0.1) is 0 Å². The number of ether oxygens (including phenoxy) is 1. The van der Waals surface area contributed by atoms with Gasteiger partial charge < -0.3 is 14.7 Å². The van der Waals surface area contributed by atoms with Crippen molar-refractivity contribution in [3.63, 3.8) is 0 Å². The molecule has 5 heteroatoms. The lowest BCUT2D eigenvalue weighted by Crippen LogP contribution is -2.48. The molecule has 0 aromatic heterocycles. The van der Waals surface area contributed by atoms with E-state index in [0.717, 1.165) is 43.8 Å². The number of rotatable bonds is 6. The van der Waals surface area contributed by atoms with Crippen molar-refractivity contribution >= 4 is 6.09 Å². The van der Waals surface area contributed by atoms with E-state index in [2.05, 4.69) is 41.3 Å². The zero-order chi connectivity index (χ0) is 18.4. The van der Waals surface area contributed by atoms with Gasteiger partial charge in [-0.1, -0.05) is 36.4 Å². The summed E-state index contributed by atoms with van der Waals surface area (Å²) in [7, 11) is 1.69. The van der Waals surface area contributed by atoms with Crippen molar-refractivity contribution in [2.24, 2.45) is 0 Å². The molecule has 1 saturated heterocycles. The van der Waals surface area contributed by atoms with E-state index < -0.39 is 6.09 Å². The van der Waals surface area contributed by atoms with E-state index >= 15 is 0 Å². The SMILES string of the molecule is COc1cccc(-c2cccc(CCCN3CCN(C(=O)O)CC3)c2)c1. The highest BCUT2D eigenvalue weighted by Crippen LogP contribution is 2.25. The molecule has 1 fully saturated rings. The molecule has 0 spiro atoms. The molecule has 0 radical (unpaired) electrons. The topological polar surface area (TPSA) is 53.0 Å². The van der Waals surface area contributed by atoms with E-state index in [-0.39, 0.29) is 0 Å². The van der Waals surface area contributed by atoms with Gasteiger partial charge in [0.2, 0.25) is 0 Å². The number of benzene rings is 2. The summed E-state index contributed by atoms with van der Waals surface area (Å²) in [5.74, 6) is 0.869. The van der Waals surface area contributed by atoms with Crippen LogP contribution in [0.3, 0.4) is 0 Å². The monoisotopic (exact) mass is 354 g/mol. The summed E-state index contributed by atoms with van der Waals surface area (Å²) >= 11 is 0. The Kier molecular flexibility index (Phi) is 6.12. The molecule has 3 rings (SSSR count). The Hall–Kier alpha value is -2.53. The van der Waals surface area contributed by atoms with Gasteiger partial charge >= 0.3 is 6.09 Å². The highest BCUT2D eigenvalue weighted by atomic mass is 16.5. The second kappa shape index (κ2) is 8.72. The average Bonchev–Trinajstić information content (AvgIpc) is 2.69. The number of piperazine rings is 1. The van der Waals surface area contributed by atoms with Crippen molar-refractivity contribution in [2.45, 2.75) is 12.8 Å². The van der Waals surface area contributed by atoms with E-state index in [1.165, 1.54) is 16.0 Å². The van der Waals surface area contributed by atoms with Crippen LogP contribution in [0.1, 0.15) is 12.0 Å². The largest absolute Gasteiger partial charge is 0.497 e. The van der Waals surface area contributed by atoms with E-state index in [1.807, 2.05) is 12.1 Å². The lowest BCUT2D eigenvalue weighted by molar-refractivity contribution is 0.105. The van der Waals surface area contributed by atoms with Gasteiger partial charge in [0.25, 0.3) is 0 Å². The summed E-state index contributed by atoms with van der Waals surface area (Å²) in [6.45, 7) is 3.89. The molecule has 1 amide bonds. The van der Waals surface area contributed by atoms with Gasteiger partial charge in [-0.05, 0) is 48.2 Å². The summed E-state index contributed by atoms with van der Waals surface area (Å²) in [6, 6.07) is 16.8. The molecule has 5 nitrogen and oxygen atoms in total. The van der Waals surface area contributed by atoms with Gasteiger partial charge in [0.15, 0.2) is 0 Å². The Morgan fingerprint density at radius 3 is 2.42 bits per heavy atom. The third-order valence-electron chi connectivity index (χ3n) is 4.91. The highest BCUT2D eigenvalue weighted by molar-refractivity contribution is 5.66. The molecule has 1 N–H and O–H groups in total. The van der Waals surface area contributed by atoms with Crippen molar-refractivity contribution in [3.8, 4) is 16.9 Å². The van der Waals surface area contributed by atoms with Gasteiger partial charge in [-0.15, -0.1) is 0 Å². The van der Waals surface area contributed by atoms with Crippen LogP contribution in [-0.4, -0.2) is 60.8 Å². The normalized spacial score (nSPS) is 15.0. The molecule has 1 heterocycles. The van der Waals surface area contributed by atoms with Crippen LogP contribution in [0.2, 0.25) is 0 Å². The molecular formula is C21H26N2O3. The van der Waals surface area contributed by atoms with Crippen LogP contribution in [0.15, 0.2) is 48.5 Å². The first-order valence-electron chi connectivity index (χ1n) is 9.09. The number of hydrogen-bond acceptors (Lipinski definition) is 3. The molecule has 2 aromatic carbocycles. The molecule has 0 saturated carbocycles. The second-order valence-corrected chi connectivity index (χ2v) is 6.65. The van der Waals surface area contributed by atoms with Crippen LogP contribution in [0.4, 0.5) is 4.79 Å². The smallest absolute Gasteiger partial charge is 0.407 e. The minimum Gasteiger partial charge on any atom is -0.497 e. The Labute approximate surface area is 154 Å². The number of methoxy groups -OCH3 is 1. The quantitative estimate of drug-likeness (QED) is 0.861. The van der Waals surface area contributed by atoms with Crippen molar-refractivity contribution in [2.75, 3.05) is 39.8 Å². The number of aryl methyl sites for hydroxylation is 1. The molecule has 138 valence electrons. The van der Waals surface area contributed by atoms with E-state index in [1.54, 1.807) is 7.11 Å². The summed E-state index contributed by atoms with van der Waals surface area (Å²) in [5, 5.41) is 9.00.